The molecule has 6 N–H and O–H groups in total. The molecule has 7 heteroatoms. The Morgan fingerprint density at radius 3 is 2.23 bits per heavy atom. The van der Waals surface area contributed by atoms with E-state index in [2.05, 4.69) is 0 Å². The van der Waals surface area contributed by atoms with E-state index in [4.69, 9.17) is 20.7 Å². The van der Waals surface area contributed by atoms with Crippen molar-refractivity contribution in [2.75, 3.05) is 6.61 Å². The van der Waals surface area contributed by atoms with Crippen LogP contribution in [-0.4, -0.2) is 80.7 Å². The summed E-state index contributed by atoms with van der Waals surface area (Å²) < 4.78 is 4.70. The van der Waals surface area contributed by atoms with Crippen molar-refractivity contribution in [2.24, 2.45) is 5.73 Å². The summed E-state index contributed by atoms with van der Waals surface area (Å²) in [5.41, 5.74) is 5.26. The van der Waals surface area contributed by atoms with Gasteiger partial charge in [-0.2, -0.15) is 0 Å². The molecule has 0 radical (unpaired) electrons. The Morgan fingerprint density at radius 2 is 1.77 bits per heavy atom. The van der Waals surface area contributed by atoms with Crippen LogP contribution in [0.4, 0.5) is 0 Å². The molecule has 0 aromatic rings. The zero-order valence-corrected chi connectivity index (χ0v) is 8.49. The zero-order valence-electron chi connectivity index (χ0n) is 9.08. The van der Waals surface area contributed by atoms with Crippen LogP contribution in [0.3, 0.4) is 0 Å². The van der Waals surface area contributed by atoms with Crippen molar-refractivity contribution in [1.29, 1.82) is 0 Å². The summed E-state index contributed by atoms with van der Waals surface area (Å²) in [7, 11) is 0. The maximum atomic E-state index is 9.20. The molecule has 1 fully saturated rings. The van der Waals surface area contributed by atoms with Gasteiger partial charge in [-0.1, -0.05) is 0 Å². The van der Waals surface area contributed by atoms with Gasteiger partial charge in [-0.05, 0) is 0 Å². The minimum Gasteiger partial charge on any atom is -1.00 e. The first-order valence-electron chi connectivity index (χ1n) is 3.64. The van der Waals surface area contributed by atoms with Crippen LogP contribution >= 0.6 is 0 Å². The summed E-state index contributed by atoms with van der Waals surface area (Å²) in [5, 5.41) is 36.1. The van der Waals surface area contributed by atoms with E-state index in [0.29, 0.717) is 0 Å². The fraction of sp³-hybridized carbons (Fsp3) is 1.00. The van der Waals surface area contributed by atoms with E-state index in [-0.39, 0.29) is 25.9 Å². The largest absolute Gasteiger partial charge is 2.00 e. The molecule has 1 unspecified atom stereocenters. The molecule has 1 aliphatic heterocycles. The molecule has 13 heavy (non-hydrogen) atoms. The van der Waals surface area contributed by atoms with Gasteiger partial charge in [0.05, 0.1) is 12.6 Å². The Kier molecular flexibility index (Phi) is 5.64. The molecule has 1 aliphatic rings. The summed E-state index contributed by atoms with van der Waals surface area (Å²) in [5.74, 6) is 0. The van der Waals surface area contributed by atoms with Gasteiger partial charge in [-0.3, -0.25) is 0 Å². The second-order valence-corrected chi connectivity index (χ2v) is 2.81. The average Bonchev–Trinajstić information content (AvgIpc) is 2.08. The van der Waals surface area contributed by atoms with E-state index in [1.165, 1.54) is 0 Å². The molecular formula is C6H15MgNO5. The number of hydrogen-bond donors (Lipinski definition) is 5. The fourth-order valence-electron chi connectivity index (χ4n) is 1.12. The van der Waals surface area contributed by atoms with Gasteiger partial charge in [0.15, 0.2) is 6.29 Å². The normalized spacial score (nSPS) is 45.5. The maximum absolute atomic E-state index is 9.20. The first kappa shape index (κ1) is 13.5. The second-order valence-electron chi connectivity index (χ2n) is 2.81. The van der Waals surface area contributed by atoms with E-state index in [1.807, 2.05) is 0 Å². The molecule has 0 amide bonds. The van der Waals surface area contributed by atoms with Gasteiger partial charge < -0.3 is 33.7 Å². The predicted octanol–water partition coefficient (Wildman–Crippen LogP) is -3.41. The average molecular weight is 205 g/mol. The van der Waals surface area contributed by atoms with Crippen molar-refractivity contribution in [3.05, 3.63) is 0 Å². The Morgan fingerprint density at radius 1 is 1.23 bits per heavy atom. The van der Waals surface area contributed by atoms with E-state index >= 15 is 0 Å². The molecule has 5 atom stereocenters. The quantitative estimate of drug-likeness (QED) is 0.285. The number of nitrogens with two attached hydrogens (primary N) is 1. The molecular weight excluding hydrogens is 190 g/mol. The smallest absolute Gasteiger partial charge is 1.00 e. The summed E-state index contributed by atoms with van der Waals surface area (Å²) in [6.45, 7) is -0.470. The van der Waals surface area contributed by atoms with Gasteiger partial charge in [0.2, 0.25) is 0 Å². The fourth-order valence-corrected chi connectivity index (χ4v) is 1.12. The molecule has 76 valence electrons. The van der Waals surface area contributed by atoms with Gasteiger partial charge in [0.1, 0.15) is 18.3 Å². The Bertz CT molecular complexity index is 164. The minimum absolute atomic E-state index is 0. The van der Waals surface area contributed by atoms with Gasteiger partial charge in [-0.25, -0.2) is 0 Å². The number of rotatable bonds is 1. The maximum Gasteiger partial charge on any atom is 2.00 e. The number of hydrogen-bond acceptors (Lipinski definition) is 6. The SMILES string of the molecule is N[C@H]1C(O)O[C@H](CO)[C@@H](O)[C@@H]1O.[H-].[H-].[Mg+2]. The summed E-state index contributed by atoms with van der Waals surface area (Å²) in [4.78, 5) is 0. The Balaban J connectivity index is -0.000000480. The first-order chi connectivity index (χ1) is 5.57. The summed E-state index contributed by atoms with van der Waals surface area (Å²) >= 11 is 0. The standard InChI is InChI=1S/C6H13NO5.Mg.2H/c7-3-5(10)4(9)2(1-8)12-6(3)11;;;/h2-6,8-11H,1,7H2;;;/q;+2;2*-1/t2-,3-,4-,5-,6?;;;/m1.../s1. The molecule has 1 saturated heterocycles. The van der Waals surface area contributed by atoms with Gasteiger partial charge >= 0.3 is 23.1 Å². The van der Waals surface area contributed by atoms with Crippen LogP contribution in [0.1, 0.15) is 2.85 Å². The third kappa shape index (κ3) is 2.74. The van der Waals surface area contributed by atoms with E-state index in [1.54, 1.807) is 0 Å². The Labute approximate surface area is 94.4 Å². The van der Waals surface area contributed by atoms with Gasteiger partial charge in [0.25, 0.3) is 0 Å². The van der Waals surface area contributed by atoms with Crippen LogP contribution in [0.2, 0.25) is 0 Å². The van der Waals surface area contributed by atoms with Gasteiger partial charge in [-0.15, -0.1) is 0 Å². The molecule has 0 aliphatic carbocycles. The third-order valence-corrected chi connectivity index (χ3v) is 1.95. The topological polar surface area (TPSA) is 116 Å². The van der Waals surface area contributed by atoms with Crippen molar-refractivity contribution in [2.45, 2.75) is 30.6 Å². The molecule has 1 heterocycles. The first-order valence-corrected chi connectivity index (χ1v) is 3.64. The molecule has 0 aromatic carbocycles. The van der Waals surface area contributed by atoms with E-state index in [0.717, 1.165) is 0 Å². The van der Waals surface area contributed by atoms with Crippen molar-refractivity contribution in [3.63, 3.8) is 0 Å². The molecule has 6 nitrogen and oxygen atoms in total. The molecule has 0 aromatic heterocycles. The van der Waals surface area contributed by atoms with Crippen LogP contribution < -0.4 is 5.73 Å². The second kappa shape index (κ2) is 5.42. The zero-order chi connectivity index (χ0) is 9.30. The van der Waals surface area contributed by atoms with Gasteiger partial charge in [0, 0.05) is 0 Å². The van der Waals surface area contributed by atoms with Crippen molar-refractivity contribution < 1.29 is 28.0 Å². The van der Waals surface area contributed by atoms with Crippen molar-refractivity contribution in [3.8, 4) is 0 Å². The van der Waals surface area contributed by atoms with Crippen LogP contribution in [0.15, 0.2) is 0 Å². The molecule has 0 bridgehead atoms. The monoisotopic (exact) mass is 205 g/mol. The molecule has 1 rings (SSSR count). The molecule has 0 spiro atoms. The minimum atomic E-state index is -1.35. The van der Waals surface area contributed by atoms with Crippen LogP contribution in [-0.2, 0) is 4.74 Å². The van der Waals surface area contributed by atoms with E-state index in [9.17, 15) is 10.2 Å². The summed E-state index contributed by atoms with van der Waals surface area (Å²) in [6.07, 6.45) is -4.85. The van der Waals surface area contributed by atoms with Crippen LogP contribution in [0.5, 0.6) is 0 Å². The predicted molar refractivity (Wildman–Crippen MR) is 45.9 cm³/mol. The molecule has 0 saturated carbocycles. The van der Waals surface area contributed by atoms with Crippen molar-refractivity contribution in [1.82, 2.24) is 0 Å². The third-order valence-electron chi connectivity index (χ3n) is 1.95. The number of ether oxygens (including phenoxy) is 1. The van der Waals surface area contributed by atoms with Crippen LogP contribution in [0.25, 0.3) is 0 Å². The Hall–Kier alpha value is 0.526. The number of aliphatic hydroxyl groups is 4. The number of aliphatic hydroxyl groups excluding tert-OH is 4. The van der Waals surface area contributed by atoms with E-state index < -0.39 is 37.3 Å². The van der Waals surface area contributed by atoms with Crippen LogP contribution in [0, 0.1) is 0 Å². The van der Waals surface area contributed by atoms with Crippen molar-refractivity contribution >= 4 is 23.1 Å². The summed E-state index contributed by atoms with van der Waals surface area (Å²) in [6, 6.07) is -1.04.